The second kappa shape index (κ2) is 7.22. The van der Waals surface area contributed by atoms with Crippen molar-refractivity contribution in [2.24, 2.45) is 0 Å². The Morgan fingerprint density at radius 3 is 2.88 bits per heavy atom. The number of amides is 1. The van der Waals surface area contributed by atoms with Gasteiger partial charge in [0.25, 0.3) is 0 Å². The Labute approximate surface area is 144 Å². The van der Waals surface area contributed by atoms with Crippen LogP contribution in [0.1, 0.15) is 6.42 Å². The predicted octanol–water partition coefficient (Wildman–Crippen LogP) is 1.00. The number of hydrogen-bond donors (Lipinski definition) is 1. The van der Waals surface area contributed by atoms with Crippen LogP contribution in [0.5, 0.6) is 0 Å². The summed E-state index contributed by atoms with van der Waals surface area (Å²) in [6.07, 6.45) is 3.04. The van der Waals surface area contributed by atoms with Crippen molar-refractivity contribution in [3.8, 4) is 0 Å². The highest BCUT2D eigenvalue weighted by Gasteiger charge is 2.36. The molecule has 0 saturated heterocycles. The van der Waals surface area contributed by atoms with Crippen molar-refractivity contribution in [2.75, 3.05) is 20.8 Å². The number of carbonyl (C=O) groups excluding carboxylic acids is 1. The van der Waals surface area contributed by atoms with Crippen molar-refractivity contribution in [3.63, 3.8) is 0 Å². The summed E-state index contributed by atoms with van der Waals surface area (Å²) in [5.41, 5.74) is 1.17. The smallest absolute Gasteiger partial charge is 0.408 e. The number of benzene rings is 1. The van der Waals surface area contributed by atoms with Gasteiger partial charge in [0, 0.05) is 27.2 Å². The SMILES string of the molecule is COC1C=CC(CNC(=O)CCn2c(=O)oc3ccccc32)(OC)O1. The van der Waals surface area contributed by atoms with Gasteiger partial charge in [-0.3, -0.25) is 9.36 Å². The van der Waals surface area contributed by atoms with Crippen molar-refractivity contribution < 1.29 is 23.4 Å². The van der Waals surface area contributed by atoms with Gasteiger partial charge in [-0.15, -0.1) is 0 Å². The zero-order chi connectivity index (χ0) is 17.9. The van der Waals surface area contributed by atoms with Gasteiger partial charge in [-0.1, -0.05) is 12.1 Å². The maximum Gasteiger partial charge on any atom is 0.419 e. The summed E-state index contributed by atoms with van der Waals surface area (Å²) in [6, 6.07) is 7.09. The van der Waals surface area contributed by atoms with E-state index >= 15 is 0 Å². The van der Waals surface area contributed by atoms with Crippen LogP contribution in [0.2, 0.25) is 0 Å². The molecule has 3 rings (SSSR count). The van der Waals surface area contributed by atoms with Gasteiger partial charge >= 0.3 is 5.76 Å². The van der Waals surface area contributed by atoms with E-state index in [0.717, 1.165) is 0 Å². The Bertz CT molecular complexity index is 839. The molecule has 134 valence electrons. The van der Waals surface area contributed by atoms with E-state index in [-0.39, 0.29) is 25.4 Å². The summed E-state index contributed by atoms with van der Waals surface area (Å²) >= 11 is 0. The predicted molar refractivity (Wildman–Crippen MR) is 88.9 cm³/mol. The molecule has 2 atom stereocenters. The van der Waals surface area contributed by atoms with Gasteiger partial charge in [-0.25, -0.2) is 4.79 Å². The summed E-state index contributed by atoms with van der Waals surface area (Å²) in [4.78, 5) is 24.0. The topological polar surface area (TPSA) is 91.9 Å². The third-order valence-corrected chi connectivity index (χ3v) is 4.07. The highest BCUT2D eigenvalue weighted by molar-refractivity contribution is 5.76. The molecule has 8 nitrogen and oxygen atoms in total. The van der Waals surface area contributed by atoms with Gasteiger partial charge in [0.05, 0.1) is 12.1 Å². The van der Waals surface area contributed by atoms with Crippen molar-refractivity contribution in [1.82, 2.24) is 9.88 Å². The molecular formula is C17H20N2O6. The van der Waals surface area contributed by atoms with Crippen LogP contribution in [0.3, 0.4) is 0 Å². The number of hydrogen-bond acceptors (Lipinski definition) is 6. The van der Waals surface area contributed by atoms with Crippen LogP contribution in [0.15, 0.2) is 45.6 Å². The molecule has 8 heteroatoms. The lowest BCUT2D eigenvalue weighted by Gasteiger charge is -2.27. The van der Waals surface area contributed by atoms with E-state index in [1.807, 2.05) is 6.07 Å². The van der Waals surface area contributed by atoms with E-state index < -0.39 is 17.8 Å². The van der Waals surface area contributed by atoms with Crippen LogP contribution < -0.4 is 11.1 Å². The number of aryl methyl sites for hydroxylation is 1. The first-order chi connectivity index (χ1) is 12.1. The number of aromatic nitrogens is 1. The molecule has 0 aliphatic carbocycles. The lowest BCUT2D eigenvalue weighted by Crippen LogP contribution is -2.44. The maximum atomic E-state index is 12.1. The van der Waals surface area contributed by atoms with Crippen molar-refractivity contribution in [1.29, 1.82) is 0 Å². The number of nitrogens with zero attached hydrogens (tertiary/aromatic N) is 1. The molecular weight excluding hydrogens is 328 g/mol. The number of carbonyl (C=O) groups is 1. The molecule has 2 unspecified atom stereocenters. The van der Waals surface area contributed by atoms with Crippen LogP contribution in [-0.4, -0.2) is 43.3 Å². The second-order valence-corrected chi connectivity index (χ2v) is 5.61. The summed E-state index contributed by atoms with van der Waals surface area (Å²) < 4.78 is 22.6. The number of fused-ring (bicyclic) bond motifs is 1. The molecule has 0 saturated carbocycles. The van der Waals surface area contributed by atoms with Crippen LogP contribution in [0.4, 0.5) is 0 Å². The van der Waals surface area contributed by atoms with E-state index in [0.29, 0.717) is 11.1 Å². The Kier molecular flexibility index (Phi) is 5.03. The normalized spacial score (nSPS) is 22.6. The fraction of sp³-hybridized carbons (Fsp3) is 0.412. The summed E-state index contributed by atoms with van der Waals surface area (Å²) in [6.45, 7) is 0.360. The van der Waals surface area contributed by atoms with Gasteiger partial charge in [-0.2, -0.15) is 0 Å². The molecule has 0 radical (unpaired) electrons. The van der Waals surface area contributed by atoms with Crippen LogP contribution in [0.25, 0.3) is 11.1 Å². The maximum absolute atomic E-state index is 12.1. The highest BCUT2D eigenvalue weighted by atomic mass is 16.8. The molecule has 0 spiro atoms. The summed E-state index contributed by atoms with van der Waals surface area (Å²) in [5, 5.41) is 2.75. The molecule has 1 aromatic carbocycles. The molecule has 1 aromatic heterocycles. The number of rotatable bonds is 7. The van der Waals surface area contributed by atoms with Gasteiger partial charge in [0.1, 0.15) is 0 Å². The number of ether oxygens (including phenoxy) is 3. The molecule has 1 aliphatic heterocycles. The van der Waals surface area contributed by atoms with E-state index in [4.69, 9.17) is 18.6 Å². The minimum atomic E-state index is -1.05. The van der Waals surface area contributed by atoms with Crippen LogP contribution >= 0.6 is 0 Å². The Morgan fingerprint density at radius 2 is 2.16 bits per heavy atom. The van der Waals surface area contributed by atoms with Crippen molar-refractivity contribution >= 4 is 17.0 Å². The largest absolute Gasteiger partial charge is 0.419 e. The Balaban J connectivity index is 1.57. The number of para-hydroxylation sites is 2. The highest BCUT2D eigenvalue weighted by Crippen LogP contribution is 2.24. The molecule has 2 aromatic rings. The molecule has 0 fully saturated rings. The van der Waals surface area contributed by atoms with Gasteiger partial charge in [0.2, 0.25) is 11.7 Å². The lowest BCUT2D eigenvalue weighted by atomic mass is 10.2. The molecule has 1 N–H and O–H groups in total. The van der Waals surface area contributed by atoms with Gasteiger partial charge in [-0.05, 0) is 24.3 Å². The molecule has 25 heavy (non-hydrogen) atoms. The first-order valence-electron chi connectivity index (χ1n) is 7.87. The molecule has 2 heterocycles. The van der Waals surface area contributed by atoms with E-state index in [2.05, 4.69) is 5.32 Å². The Hall–Kier alpha value is -2.42. The second-order valence-electron chi connectivity index (χ2n) is 5.61. The minimum absolute atomic E-state index is 0.126. The summed E-state index contributed by atoms with van der Waals surface area (Å²) in [7, 11) is 3.01. The quantitative estimate of drug-likeness (QED) is 0.751. The van der Waals surface area contributed by atoms with Crippen molar-refractivity contribution in [2.45, 2.75) is 25.0 Å². The van der Waals surface area contributed by atoms with E-state index in [1.54, 1.807) is 30.4 Å². The standard InChI is InChI=1S/C17H20N2O6/c1-22-15-7-9-17(23-2,25-15)11-18-14(20)8-10-19-12-5-3-4-6-13(12)24-16(19)21/h3-7,9,15H,8,10-11H2,1-2H3,(H,18,20). The number of nitrogens with one attached hydrogen (secondary N) is 1. The van der Waals surface area contributed by atoms with E-state index in [9.17, 15) is 9.59 Å². The molecule has 1 amide bonds. The third kappa shape index (κ3) is 3.65. The van der Waals surface area contributed by atoms with Crippen molar-refractivity contribution in [3.05, 3.63) is 47.0 Å². The molecule has 1 aliphatic rings. The number of methoxy groups -OCH3 is 2. The fourth-order valence-corrected chi connectivity index (χ4v) is 2.67. The van der Waals surface area contributed by atoms with Crippen LogP contribution in [-0.2, 0) is 25.5 Å². The zero-order valence-electron chi connectivity index (χ0n) is 14.1. The van der Waals surface area contributed by atoms with Crippen LogP contribution in [0, 0.1) is 0 Å². The third-order valence-electron chi connectivity index (χ3n) is 4.07. The number of oxazole rings is 1. The Morgan fingerprint density at radius 1 is 1.36 bits per heavy atom. The summed E-state index contributed by atoms with van der Waals surface area (Å²) in [5.74, 6) is -1.76. The first-order valence-corrected chi connectivity index (χ1v) is 7.87. The monoisotopic (exact) mass is 348 g/mol. The fourth-order valence-electron chi connectivity index (χ4n) is 2.67. The minimum Gasteiger partial charge on any atom is -0.408 e. The zero-order valence-corrected chi connectivity index (χ0v) is 14.1. The van der Waals surface area contributed by atoms with E-state index in [1.165, 1.54) is 18.8 Å². The molecule has 0 bridgehead atoms. The van der Waals surface area contributed by atoms with Gasteiger partial charge < -0.3 is 23.9 Å². The average Bonchev–Trinajstić information content (AvgIpc) is 3.19. The van der Waals surface area contributed by atoms with Gasteiger partial charge in [0.15, 0.2) is 11.9 Å². The lowest BCUT2D eigenvalue weighted by molar-refractivity contribution is -0.239. The first kappa shape index (κ1) is 17.4. The average molecular weight is 348 g/mol.